The molecule has 120 valence electrons. The lowest BCUT2D eigenvalue weighted by atomic mass is 9.84. The van der Waals surface area contributed by atoms with Crippen molar-refractivity contribution in [3.63, 3.8) is 0 Å². The summed E-state index contributed by atoms with van der Waals surface area (Å²) in [5.41, 5.74) is 2.32. The highest BCUT2D eigenvalue weighted by molar-refractivity contribution is 5.74. The van der Waals surface area contributed by atoms with Crippen molar-refractivity contribution in [3.8, 4) is 0 Å². The molecule has 0 saturated heterocycles. The number of nitrogens with one attached hydrogen (secondary N) is 2. The highest BCUT2D eigenvalue weighted by atomic mass is 16.3. The fourth-order valence-corrected chi connectivity index (χ4v) is 2.71. The fraction of sp³-hybridized carbons (Fsp3) is 0.500. The number of carbonyl (C=O) groups is 1. The Morgan fingerprint density at radius 2 is 2.14 bits per heavy atom. The Balaban J connectivity index is 1.84. The van der Waals surface area contributed by atoms with Gasteiger partial charge in [0.15, 0.2) is 0 Å². The molecule has 0 heterocycles. The van der Waals surface area contributed by atoms with Gasteiger partial charge in [0.25, 0.3) is 0 Å². The molecule has 0 unspecified atom stereocenters. The van der Waals surface area contributed by atoms with Gasteiger partial charge in [-0.05, 0) is 18.9 Å². The minimum Gasteiger partial charge on any atom is -0.396 e. The number of amides is 2. The van der Waals surface area contributed by atoms with E-state index in [1.165, 1.54) is 11.1 Å². The number of hydrogen-bond acceptors (Lipinski definition) is 2. The molecule has 1 aliphatic carbocycles. The van der Waals surface area contributed by atoms with Crippen LogP contribution >= 0.6 is 0 Å². The van der Waals surface area contributed by atoms with Crippen LogP contribution in [0.1, 0.15) is 31.4 Å². The molecule has 0 spiro atoms. The van der Waals surface area contributed by atoms with Crippen molar-refractivity contribution >= 4 is 6.03 Å². The molecule has 3 N–H and O–H groups in total. The molecule has 4 heteroatoms. The van der Waals surface area contributed by atoms with Crippen molar-refractivity contribution in [2.75, 3.05) is 13.2 Å². The molecule has 0 radical (unpaired) electrons. The second-order valence-corrected chi connectivity index (χ2v) is 6.75. The first-order valence-corrected chi connectivity index (χ1v) is 7.81. The Labute approximate surface area is 132 Å². The highest BCUT2D eigenvalue weighted by Gasteiger charge is 2.23. The molecule has 0 fully saturated rings. The minimum atomic E-state index is -0.158. The van der Waals surface area contributed by atoms with Gasteiger partial charge in [-0.1, -0.05) is 55.8 Å². The second kappa shape index (κ2) is 6.97. The van der Waals surface area contributed by atoms with Crippen LogP contribution in [-0.4, -0.2) is 30.3 Å². The van der Waals surface area contributed by atoms with Gasteiger partial charge in [-0.3, -0.25) is 0 Å². The largest absolute Gasteiger partial charge is 0.396 e. The van der Waals surface area contributed by atoms with Crippen molar-refractivity contribution in [3.05, 3.63) is 47.5 Å². The quantitative estimate of drug-likeness (QED) is 0.732. The van der Waals surface area contributed by atoms with Crippen LogP contribution in [0.3, 0.4) is 0 Å². The Morgan fingerprint density at radius 3 is 2.77 bits per heavy atom. The number of rotatable bonds is 5. The van der Waals surface area contributed by atoms with E-state index in [-0.39, 0.29) is 30.0 Å². The monoisotopic (exact) mass is 302 g/mol. The lowest BCUT2D eigenvalue weighted by Gasteiger charge is -2.26. The summed E-state index contributed by atoms with van der Waals surface area (Å²) in [6.07, 6.45) is 4.68. The topological polar surface area (TPSA) is 61.4 Å². The van der Waals surface area contributed by atoms with Crippen molar-refractivity contribution in [2.24, 2.45) is 5.92 Å². The Morgan fingerprint density at radius 1 is 1.36 bits per heavy atom. The van der Waals surface area contributed by atoms with Crippen molar-refractivity contribution in [1.82, 2.24) is 10.6 Å². The van der Waals surface area contributed by atoms with Gasteiger partial charge in [0.05, 0.1) is 0 Å². The summed E-state index contributed by atoms with van der Waals surface area (Å²) in [4.78, 5) is 12.0. The van der Waals surface area contributed by atoms with Gasteiger partial charge in [0.2, 0.25) is 0 Å². The molecule has 2 atom stereocenters. The van der Waals surface area contributed by atoms with Gasteiger partial charge in [-0.25, -0.2) is 4.79 Å². The van der Waals surface area contributed by atoms with Crippen LogP contribution in [0.5, 0.6) is 0 Å². The number of aliphatic hydroxyl groups is 1. The van der Waals surface area contributed by atoms with Crippen LogP contribution in [0.15, 0.2) is 36.4 Å². The maximum Gasteiger partial charge on any atom is 0.315 e. The SMILES string of the molecule is Cc1cccc(C(C)(C)CNC(=O)N[C@@H]2C=C[C@H](CO)C2)c1. The van der Waals surface area contributed by atoms with E-state index in [0.29, 0.717) is 6.54 Å². The first-order valence-electron chi connectivity index (χ1n) is 7.81. The summed E-state index contributed by atoms with van der Waals surface area (Å²) in [7, 11) is 0. The predicted molar refractivity (Wildman–Crippen MR) is 88.9 cm³/mol. The zero-order chi connectivity index (χ0) is 16.2. The lowest BCUT2D eigenvalue weighted by molar-refractivity contribution is 0.229. The molecule has 0 aliphatic heterocycles. The van der Waals surface area contributed by atoms with E-state index in [2.05, 4.69) is 49.6 Å². The van der Waals surface area contributed by atoms with Crippen LogP contribution < -0.4 is 10.6 Å². The number of aliphatic hydroxyl groups excluding tert-OH is 1. The van der Waals surface area contributed by atoms with Gasteiger partial charge >= 0.3 is 6.03 Å². The fourth-order valence-electron chi connectivity index (χ4n) is 2.71. The molecule has 0 saturated carbocycles. The lowest BCUT2D eigenvalue weighted by Crippen LogP contribution is -2.45. The standard InChI is InChI=1S/C18H26N2O2/c1-13-5-4-6-15(9-13)18(2,3)12-19-17(22)20-16-8-7-14(10-16)11-21/h4-9,14,16,21H,10-12H2,1-3H3,(H2,19,20,22)/t14-,16+/m0/s1. The highest BCUT2D eigenvalue weighted by Crippen LogP contribution is 2.23. The second-order valence-electron chi connectivity index (χ2n) is 6.75. The minimum absolute atomic E-state index is 0.0132. The third kappa shape index (κ3) is 4.34. The molecule has 0 aromatic heterocycles. The molecule has 1 aromatic carbocycles. The first kappa shape index (κ1) is 16.6. The van der Waals surface area contributed by atoms with Gasteiger partial charge in [0.1, 0.15) is 0 Å². The number of hydrogen-bond donors (Lipinski definition) is 3. The van der Waals surface area contributed by atoms with E-state index in [1.807, 2.05) is 18.2 Å². The van der Waals surface area contributed by atoms with Crippen LogP contribution in [0, 0.1) is 12.8 Å². The van der Waals surface area contributed by atoms with Gasteiger partial charge in [0, 0.05) is 30.5 Å². The van der Waals surface area contributed by atoms with Crippen LogP contribution in [0.2, 0.25) is 0 Å². The maximum atomic E-state index is 12.0. The molecule has 22 heavy (non-hydrogen) atoms. The summed E-state index contributed by atoms with van der Waals surface area (Å²) in [5.74, 6) is 0.161. The summed E-state index contributed by atoms with van der Waals surface area (Å²) < 4.78 is 0. The predicted octanol–water partition coefficient (Wildman–Crippen LogP) is 2.51. The van der Waals surface area contributed by atoms with Crippen LogP contribution in [0.25, 0.3) is 0 Å². The molecule has 2 rings (SSSR count). The summed E-state index contributed by atoms with van der Waals surface area (Å²) >= 11 is 0. The third-order valence-corrected chi connectivity index (χ3v) is 4.21. The zero-order valence-corrected chi connectivity index (χ0v) is 13.6. The average molecular weight is 302 g/mol. The Hall–Kier alpha value is -1.81. The zero-order valence-electron chi connectivity index (χ0n) is 13.6. The van der Waals surface area contributed by atoms with Gasteiger partial charge in [-0.2, -0.15) is 0 Å². The summed E-state index contributed by atoms with van der Waals surface area (Å²) in [6, 6.07) is 8.23. The van der Waals surface area contributed by atoms with Crippen LogP contribution in [-0.2, 0) is 5.41 Å². The molecular formula is C18H26N2O2. The van der Waals surface area contributed by atoms with E-state index in [9.17, 15) is 4.79 Å². The molecule has 0 bridgehead atoms. The van der Waals surface area contributed by atoms with Crippen molar-refractivity contribution in [1.29, 1.82) is 0 Å². The van der Waals surface area contributed by atoms with Crippen molar-refractivity contribution < 1.29 is 9.90 Å². The average Bonchev–Trinajstić information content (AvgIpc) is 2.93. The normalized spacial score (nSPS) is 20.9. The first-order chi connectivity index (χ1) is 10.4. The van der Waals surface area contributed by atoms with Gasteiger partial charge in [-0.15, -0.1) is 0 Å². The Kier molecular flexibility index (Phi) is 5.24. The molecule has 1 aliphatic rings. The third-order valence-electron chi connectivity index (χ3n) is 4.21. The molecule has 4 nitrogen and oxygen atoms in total. The number of benzene rings is 1. The van der Waals surface area contributed by atoms with E-state index in [0.717, 1.165) is 6.42 Å². The summed E-state index contributed by atoms with van der Waals surface area (Å²) in [6.45, 7) is 7.03. The van der Waals surface area contributed by atoms with Crippen LogP contribution in [0.4, 0.5) is 4.79 Å². The van der Waals surface area contributed by atoms with E-state index in [1.54, 1.807) is 0 Å². The smallest absolute Gasteiger partial charge is 0.315 e. The van der Waals surface area contributed by atoms with Gasteiger partial charge < -0.3 is 15.7 Å². The van der Waals surface area contributed by atoms with E-state index >= 15 is 0 Å². The maximum absolute atomic E-state index is 12.0. The number of carbonyl (C=O) groups excluding carboxylic acids is 1. The van der Waals surface area contributed by atoms with E-state index < -0.39 is 0 Å². The van der Waals surface area contributed by atoms with E-state index in [4.69, 9.17) is 5.11 Å². The molecule has 1 aromatic rings. The van der Waals surface area contributed by atoms with Crippen molar-refractivity contribution in [2.45, 2.75) is 38.6 Å². The molecule has 2 amide bonds. The number of urea groups is 1. The Bertz CT molecular complexity index is 552. The molecular weight excluding hydrogens is 276 g/mol. The summed E-state index contributed by atoms with van der Waals surface area (Å²) in [5, 5.41) is 15.0. The number of aryl methyl sites for hydroxylation is 1.